The maximum atomic E-state index is 12.1. The number of pyridine rings is 1. The third kappa shape index (κ3) is 4.29. The maximum absolute atomic E-state index is 12.1. The Morgan fingerprint density at radius 1 is 1.35 bits per heavy atom. The summed E-state index contributed by atoms with van der Waals surface area (Å²) in [6, 6.07) is 9.09. The van der Waals surface area contributed by atoms with Gasteiger partial charge >= 0.3 is 0 Å². The molecule has 0 aliphatic heterocycles. The summed E-state index contributed by atoms with van der Waals surface area (Å²) in [7, 11) is 0. The van der Waals surface area contributed by atoms with E-state index in [9.17, 15) is 4.79 Å². The van der Waals surface area contributed by atoms with Gasteiger partial charge in [0.2, 0.25) is 0 Å². The lowest BCUT2D eigenvalue weighted by atomic mass is 10.0. The normalized spacial score (nSPS) is 11.8. The monoisotopic (exact) mass is 314 g/mol. The van der Waals surface area contributed by atoms with Gasteiger partial charge in [0, 0.05) is 17.2 Å². The van der Waals surface area contributed by atoms with E-state index in [1.165, 1.54) is 0 Å². The van der Waals surface area contributed by atoms with Crippen molar-refractivity contribution < 1.29 is 14.6 Å². The third-order valence-corrected chi connectivity index (χ3v) is 3.47. The fourth-order valence-corrected chi connectivity index (χ4v) is 2.23. The molecule has 122 valence electrons. The summed E-state index contributed by atoms with van der Waals surface area (Å²) < 4.78 is 5.38. The second-order valence-corrected chi connectivity index (χ2v) is 5.40. The number of carbonyl (C=O) groups is 1. The van der Waals surface area contributed by atoms with E-state index in [1.54, 1.807) is 19.2 Å². The molecule has 1 aromatic heterocycles. The maximum Gasteiger partial charge on any atom is 0.251 e. The van der Waals surface area contributed by atoms with Crippen LogP contribution in [0.2, 0.25) is 0 Å². The highest BCUT2D eigenvalue weighted by molar-refractivity contribution is 5.96. The van der Waals surface area contributed by atoms with Gasteiger partial charge in [-0.3, -0.25) is 9.78 Å². The van der Waals surface area contributed by atoms with E-state index in [0.29, 0.717) is 12.2 Å². The predicted molar refractivity (Wildman–Crippen MR) is 89.6 cm³/mol. The van der Waals surface area contributed by atoms with Crippen LogP contribution < -0.4 is 10.1 Å². The summed E-state index contributed by atoms with van der Waals surface area (Å²) in [6.07, 6.45) is 1.69. The molecular weight excluding hydrogens is 292 g/mol. The standard InChI is InChI=1S/C18H22N2O3/c1-4-23-15-6-8-17(19-10-15)14-5-7-16(12(2)9-14)18(22)20-13(3)11-21/h5-10,13,21H,4,11H2,1-3H3,(H,20,22)/t13-/m0/s1. The van der Waals surface area contributed by atoms with Crippen LogP contribution in [0.1, 0.15) is 29.8 Å². The van der Waals surface area contributed by atoms with E-state index in [0.717, 1.165) is 22.6 Å². The number of rotatable bonds is 6. The van der Waals surface area contributed by atoms with Gasteiger partial charge < -0.3 is 15.2 Å². The summed E-state index contributed by atoms with van der Waals surface area (Å²) in [5, 5.41) is 11.8. The smallest absolute Gasteiger partial charge is 0.251 e. The molecule has 0 aliphatic rings. The SMILES string of the molecule is CCOc1ccc(-c2ccc(C(=O)N[C@@H](C)CO)c(C)c2)nc1. The Hall–Kier alpha value is -2.40. The second kappa shape index (κ2) is 7.74. The van der Waals surface area contributed by atoms with Gasteiger partial charge in [-0.2, -0.15) is 0 Å². The van der Waals surface area contributed by atoms with Crippen molar-refractivity contribution in [2.24, 2.45) is 0 Å². The summed E-state index contributed by atoms with van der Waals surface area (Å²) in [4.78, 5) is 16.5. The molecule has 0 bridgehead atoms. The van der Waals surface area contributed by atoms with Gasteiger partial charge in [0.15, 0.2) is 0 Å². The number of aliphatic hydroxyl groups excluding tert-OH is 1. The molecule has 0 spiro atoms. The first-order valence-electron chi connectivity index (χ1n) is 7.66. The summed E-state index contributed by atoms with van der Waals surface area (Å²) in [6.45, 7) is 6.09. The van der Waals surface area contributed by atoms with Crippen molar-refractivity contribution in [1.29, 1.82) is 0 Å². The molecule has 0 saturated heterocycles. The Morgan fingerprint density at radius 2 is 2.13 bits per heavy atom. The highest BCUT2D eigenvalue weighted by Crippen LogP contribution is 2.22. The Labute approximate surface area is 136 Å². The number of hydrogen-bond donors (Lipinski definition) is 2. The molecule has 0 fully saturated rings. The Kier molecular flexibility index (Phi) is 5.71. The molecule has 0 unspecified atom stereocenters. The van der Waals surface area contributed by atoms with Crippen LogP contribution in [0.25, 0.3) is 11.3 Å². The Bertz CT molecular complexity index is 668. The minimum Gasteiger partial charge on any atom is -0.492 e. The molecule has 5 heteroatoms. The average molecular weight is 314 g/mol. The molecule has 2 aromatic rings. The lowest BCUT2D eigenvalue weighted by Crippen LogP contribution is -2.35. The van der Waals surface area contributed by atoms with Crippen LogP contribution in [0.3, 0.4) is 0 Å². The molecule has 23 heavy (non-hydrogen) atoms. The molecule has 1 heterocycles. The number of nitrogens with zero attached hydrogens (tertiary/aromatic N) is 1. The van der Waals surface area contributed by atoms with Crippen molar-refractivity contribution in [2.45, 2.75) is 26.8 Å². The first-order valence-corrected chi connectivity index (χ1v) is 7.66. The number of ether oxygens (including phenoxy) is 1. The van der Waals surface area contributed by atoms with Gasteiger partial charge in [0.1, 0.15) is 5.75 Å². The molecule has 0 saturated carbocycles. The number of hydrogen-bond acceptors (Lipinski definition) is 4. The minimum atomic E-state index is -0.269. The second-order valence-electron chi connectivity index (χ2n) is 5.40. The minimum absolute atomic E-state index is 0.0844. The lowest BCUT2D eigenvalue weighted by molar-refractivity contribution is 0.0921. The number of benzene rings is 1. The highest BCUT2D eigenvalue weighted by atomic mass is 16.5. The number of aryl methyl sites for hydroxylation is 1. The van der Waals surface area contributed by atoms with E-state index in [4.69, 9.17) is 9.84 Å². The van der Waals surface area contributed by atoms with Crippen molar-refractivity contribution in [2.75, 3.05) is 13.2 Å². The van der Waals surface area contributed by atoms with Crippen molar-refractivity contribution >= 4 is 5.91 Å². The highest BCUT2D eigenvalue weighted by Gasteiger charge is 2.12. The average Bonchev–Trinajstić information content (AvgIpc) is 2.55. The Morgan fingerprint density at radius 3 is 2.70 bits per heavy atom. The molecule has 1 aromatic carbocycles. The van der Waals surface area contributed by atoms with Gasteiger partial charge in [0.05, 0.1) is 25.1 Å². The lowest BCUT2D eigenvalue weighted by Gasteiger charge is -2.13. The largest absolute Gasteiger partial charge is 0.492 e. The van der Waals surface area contributed by atoms with E-state index in [2.05, 4.69) is 10.3 Å². The third-order valence-electron chi connectivity index (χ3n) is 3.47. The van der Waals surface area contributed by atoms with E-state index in [1.807, 2.05) is 38.1 Å². The van der Waals surface area contributed by atoms with Gasteiger partial charge in [0.25, 0.3) is 5.91 Å². The topological polar surface area (TPSA) is 71.5 Å². The molecular formula is C18H22N2O3. The molecule has 1 atom stereocenters. The number of aromatic nitrogens is 1. The fraction of sp³-hybridized carbons (Fsp3) is 0.333. The van der Waals surface area contributed by atoms with Crippen LogP contribution in [0.15, 0.2) is 36.5 Å². The first-order chi connectivity index (χ1) is 11.0. The molecule has 5 nitrogen and oxygen atoms in total. The summed E-state index contributed by atoms with van der Waals surface area (Å²) in [5.41, 5.74) is 3.23. The zero-order chi connectivity index (χ0) is 16.8. The van der Waals surface area contributed by atoms with Gasteiger partial charge in [-0.05, 0) is 50.6 Å². The van der Waals surface area contributed by atoms with Crippen molar-refractivity contribution in [3.05, 3.63) is 47.7 Å². The number of carbonyl (C=O) groups excluding carboxylic acids is 1. The summed E-state index contributed by atoms with van der Waals surface area (Å²) >= 11 is 0. The summed E-state index contributed by atoms with van der Waals surface area (Å²) in [5.74, 6) is 0.553. The van der Waals surface area contributed by atoms with Crippen LogP contribution in [0.4, 0.5) is 0 Å². The first kappa shape index (κ1) is 17.0. The van der Waals surface area contributed by atoms with Crippen LogP contribution in [0.5, 0.6) is 5.75 Å². The molecule has 0 aliphatic carbocycles. The molecule has 0 radical (unpaired) electrons. The van der Waals surface area contributed by atoms with Gasteiger partial charge in [-0.15, -0.1) is 0 Å². The Balaban J connectivity index is 2.20. The van der Waals surface area contributed by atoms with E-state index in [-0.39, 0.29) is 18.6 Å². The number of amides is 1. The molecule has 2 N–H and O–H groups in total. The van der Waals surface area contributed by atoms with Gasteiger partial charge in [-0.25, -0.2) is 0 Å². The van der Waals surface area contributed by atoms with Crippen molar-refractivity contribution in [1.82, 2.24) is 10.3 Å². The van der Waals surface area contributed by atoms with Crippen LogP contribution >= 0.6 is 0 Å². The van der Waals surface area contributed by atoms with Crippen LogP contribution in [-0.4, -0.2) is 35.3 Å². The van der Waals surface area contributed by atoms with E-state index >= 15 is 0 Å². The van der Waals surface area contributed by atoms with E-state index < -0.39 is 0 Å². The molecule has 1 amide bonds. The quantitative estimate of drug-likeness (QED) is 0.859. The zero-order valence-corrected chi connectivity index (χ0v) is 13.7. The fourth-order valence-electron chi connectivity index (χ4n) is 2.23. The van der Waals surface area contributed by atoms with Crippen molar-refractivity contribution in [3.63, 3.8) is 0 Å². The predicted octanol–water partition coefficient (Wildman–Crippen LogP) is 2.57. The number of aliphatic hydroxyl groups is 1. The van der Waals surface area contributed by atoms with Crippen LogP contribution in [-0.2, 0) is 0 Å². The number of nitrogens with one attached hydrogen (secondary N) is 1. The zero-order valence-electron chi connectivity index (χ0n) is 13.7. The van der Waals surface area contributed by atoms with Crippen molar-refractivity contribution in [3.8, 4) is 17.0 Å². The van der Waals surface area contributed by atoms with Crippen LogP contribution in [0, 0.1) is 6.92 Å². The molecule has 2 rings (SSSR count). The van der Waals surface area contributed by atoms with Gasteiger partial charge in [-0.1, -0.05) is 6.07 Å².